The van der Waals surface area contributed by atoms with Crippen molar-refractivity contribution in [1.29, 1.82) is 0 Å². The van der Waals surface area contributed by atoms with Crippen LogP contribution in [-0.4, -0.2) is 21.8 Å². The van der Waals surface area contributed by atoms with Gasteiger partial charge in [0.1, 0.15) is 5.75 Å². The molecule has 0 atom stereocenters. The molecule has 1 rings (SSSR count). The summed E-state index contributed by atoms with van der Waals surface area (Å²) in [5.41, 5.74) is 0.586. The summed E-state index contributed by atoms with van der Waals surface area (Å²) in [6.45, 7) is 0. The lowest BCUT2D eigenvalue weighted by atomic mass is 10.2. The SMILES string of the molecule is COc1ccc(Cl)cc1CS(C)(=O)=O. The number of benzene rings is 1. The van der Waals surface area contributed by atoms with Gasteiger partial charge in [-0.2, -0.15) is 0 Å². The summed E-state index contributed by atoms with van der Waals surface area (Å²) in [5, 5.41) is 0.504. The molecule has 0 fully saturated rings. The fourth-order valence-corrected chi connectivity index (χ4v) is 2.13. The third-order valence-electron chi connectivity index (χ3n) is 1.66. The topological polar surface area (TPSA) is 43.4 Å². The summed E-state index contributed by atoms with van der Waals surface area (Å²) in [7, 11) is -1.57. The summed E-state index contributed by atoms with van der Waals surface area (Å²) in [5.74, 6) is 0.483. The highest BCUT2D eigenvalue weighted by Gasteiger charge is 2.10. The number of rotatable bonds is 3. The Kier molecular flexibility index (Phi) is 3.39. The molecule has 78 valence electrons. The molecule has 0 saturated carbocycles. The number of hydrogen-bond acceptors (Lipinski definition) is 3. The minimum Gasteiger partial charge on any atom is -0.496 e. The highest BCUT2D eigenvalue weighted by molar-refractivity contribution is 7.89. The van der Waals surface area contributed by atoms with E-state index in [2.05, 4.69) is 0 Å². The molecule has 1 aromatic carbocycles. The van der Waals surface area contributed by atoms with Crippen molar-refractivity contribution in [1.82, 2.24) is 0 Å². The van der Waals surface area contributed by atoms with Crippen LogP contribution in [0.3, 0.4) is 0 Å². The van der Waals surface area contributed by atoms with Gasteiger partial charge >= 0.3 is 0 Å². The maximum atomic E-state index is 11.1. The smallest absolute Gasteiger partial charge is 0.151 e. The Bertz CT molecular complexity index is 426. The third-order valence-corrected chi connectivity index (χ3v) is 2.73. The fourth-order valence-electron chi connectivity index (χ4n) is 1.14. The molecule has 0 heterocycles. The van der Waals surface area contributed by atoms with Crippen LogP contribution >= 0.6 is 11.6 Å². The fraction of sp³-hybridized carbons (Fsp3) is 0.333. The highest BCUT2D eigenvalue weighted by atomic mass is 35.5. The Morgan fingerprint density at radius 1 is 1.43 bits per heavy atom. The predicted molar refractivity (Wildman–Crippen MR) is 56.6 cm³/mol. The second-order valence-corrected chi connectivity index (χ2v) is 5.60. The van der Waals surface area contributed by atoms with E-state index in [-0.39, 0.29) is 5.75 Å². The molecule has 0 saturated heterocycles. The van der Waals surface area contributed by atoms with Gasteiger partial charge in [0.05, 0.1) is 12.9 Å². The maximum Gasteiger partial charge on any atom is 0.151 e. The Labute approximate surface area is 88.6 Å². The van der Waals surface area contributed by atoms with Gasteiger partial charge in [-0.05, 0) is 18.2 Å². The molecule has 0 aliphatic rings. The average Bonchev–Trinajstić information content (AvgIpc) is 2.01. The normalized spacial score (nSPS) is 11.4. The predicted octanol–water partition coefficient (Wildman–Crippen LogP) is 1.89. The molecule has 0 radical (unpaired) electrons. The lowest BCUT2D eigenvalue weighted by molar-refractivity contribution is 0.411. The zero-order valence-electron chi connectivity index (χ0n) is 7.95. The first-order chi connectivity index (χ1) is 6.42. The molecule has 5 heteroatoms. The van der Waals surface area contributed by atoms with Gasteiger partial charge in [0.2, 0.25) is 0 Å². The summed E-state index contributed by atoms with van der Waals surface area (Å²) in [4.78, 5) is 0. The van der Waals surface area contributed by atoms with E-state index < -0.39 is 9.84 Å². The van der Waals surface area contributed by atoms with Crippen molar-refractivity contribution in [2.75, 3.05) is 13.4 Å². The Balaban J connectivity index is 3.11. The summed E-state index contributed by atoms with van der Waals surface area (Å²) in [6, 6.07) is 4.91. The Hall–Kier alpha value is -0.740. The van der Waals surface area contributed by atoms with Crippen molar-refractivity contribution in [2.24, 2.45) is 0 Å². The largest absolute Gasteiger partial charge is 0.496 e. The average molecular weight is 235 g/mol. The number of methoxy groups -OCH3 is 1. The van der Waals surface area contributed by atoms with Gasteiger partial charge in [0, 0.05) is 16.8 Å². The summed E-state index contributed by atoms with van der Waals surface area (Å²) < 4.78 is 27.2. The minimum atomic E-state index is -3.07. The van der Waals surface area contributed by atoms with E-state index in [4.69, 9.17) is 16.3 Å². The molecule has 0 bridgehead atoms. The minimum absolute atomic E-state index is 0.0588. The van der Waals surface area contributed by atoms with Crippen LogP contribution in [0.15, 0.2) is 18.2 Å². The molecule has 0 aliphatic heterocycles. The highest BCUT2D eigenvalue weighted by Crippen LogP contribution is 2.24. The molecule has 0 aromatic heterocycles. The van der Waals surface area contributed by atoms with Gasteiger partial charge in [0.25, 0.3) is 0 Å². The first-order valence-electron chi connectivity index (χ1n) is 3.92. The van der Waals surface area contributed by atoms with Crippen LogP contribution in [0, 0.1) is 0 Å². The monoisotopic (exact) mass is 234 g/mol. The number of ether oxygens (including phenoxy) is 1. The molecule has 0 amide bonds. The number of sulfone groups is 1. The molecular weight excluding hydrogens is 224 g/mol. The van der Waals surface area contributed by atoms with Crippen LogP contribution in [0.25, 0.3) is 0 Å². The molecule has 0 aliphatic carbocycles. The molecule has 1 aromatic rings. The standard InChI is InChI=1S/C9H11ClO3S/c1-13-9-4-3-8(10)5-7(9)6-14(2,11)12/h3-5H,6H2,1-2H3. The molecular formula is C9H11ClO3S. The van der Waals surface area contributed by atoms with E-state index in [9.17, 15) is 8.42 Å². The Morgan fingerprint density at radius 2 is 2.07 bits per heavy atom. The van der Waals surface area contributed by atoms with Crippen LogP contribution in [0.2, 0.25) is 5.02 Å². The van der Waals surface area contributed by atoms with Gasteiger partial charge in [-0.1, -0.05) is 11.6 Å². The van der Waals surface area contributed by atoms with Crippen LogP contribution in [0.4, 0.5) is 0 Å². The van der Waals surface area contributed by atoms with Crippen molar-refractivity contribution >= 4 is 21.4 Å². The molecule has 14 heavy (non-hydrogen) atoms. The molecule has 0 spiro atoms. The van der Waals surface area contributed by atoms with Gasteiger partial charge in [-0.3, -0.25) is 0 Å². The first-order valence-corrected chi connectivity index (χ1v) is 6.36. The second kappa shape index (κ2) is 4.19. The Morgan fingerprint density at radius 3 is 2.57 bits per heavy atom. The van der Waals surface area contributed by atoms with Crippen LogP contribution in [0.5, 0.6) is 5.75 Å². The summed E-state index contributed by atoms with van der Waals surface area (Å²) >= 11 is 5.75. The third kappa shape index (κ3) is 3.20. The lowest BCUT2D eigenvalue weighted by Gasteiger charge is -2.07. The van der Waals surface area contributed by atoms with Crippen molar-refractivity contribution in [3.8, 4) is 5.75 Å². The van der Waals surface area contributed by atoms with E-state index in [1.165, 1.54) is 13.4 Å². The van der Waals surface area contributed by atoms with E-state index in [0.29, 0.717) is 16.3 Å². The van der Waals surface area contributed by atoms with Crippen LogP contribution < -0.4 is 4.74 Å². The number of hydrogen-bond donors (Lipinski definition) is 0. The van der Waals surface area contributed by atoms with Crippen molar-refractivity contribution in [3.05, 3.63) is 28.8 Å². The zero-order chi connectivity index (χ0) is 10.8. The van der Waals surface area contributed by atoms with E-state index in [0.717, 1.165) is 0 Å². The van der Waals surface area contributed by atoms with Crippen LogP contribution in [-0.2, 0) is 15.6 Å². The van der Waals surface area contributed by atoms with Crippen molar-refractivity contribution in [3.63, 3.8) is 0 Å². The lowest BCUT2D eigenvalue weighted by Crippen LogP contribution is -2.02. The molecule has 0 unspecified atom stereocenters. The zero-order valence-corrected chi connectivity index (χ0v) is 9.52. The quantitative estimate of drug-likeness (QED) is 0.802. The first kappa shape index (κ1) is 11.3. The van der Waals surface area contributed by atoms with Crippen molar-refractivity contribution in [2.45, 2.75) is 5.75 Å². The van der Waals surface area contributed by atoms with Gasteiger partial charge in [-0.25, -0.2) is 8.42 Å². The summed E-state index contributed by atoms with van der Waals surface area (Å²) in [6.07, 6.45) is 1.17. The number of halogens is 1. The molecule has 3 nitrogen and oxygen atoms in total. The van der Waals surface area contributed by atoms with Crippen molar-refractivity contribution < 1.29 is 13.2 Å². The van der Waals surface area contributed by atoms with Crippen LogP contribution in [0.1, 0.15) is 5.56 Å². The molecule has 0 N–H and O–H groups in total. The van der Waals surface area contributed by atoms with Gasteiger partial charge in [-0.15, -0.1) is 0 Å². The van der Waals surface area contributed by atoms with E-state index >= 15 is 0 Å². The van der Waals surface area contributed by atoms with E-state index in [1.807, 2.05) is 0 Å². The second-order valence-electron chi connectivity index (χ2n) is 3.03. The van der Waals surface area contributed by atoms with Gasteiger partial charge < -0.3 is 4.74 Å². The maximum absolute atomic E-state index is 11.1. The van der Waals surface area contributed by atoms with Gasteiger partial charge in [0.15, 0.2) is 9.84 Å². The van der Waals surface area contributed by atoms with E-state index in [1.54, 1.807) is 18.2 Å².